The largest absolute Gasteiger partial charge is 1.00 e. The Bertz CT molecular complexity index is 616. The average molecular weight is 726 g/mol. The Morgan fingerprint density at radius 1 is 0.365 bits per heavy atom. The van der Waals surface area contributed by atoms with Gasteiger partial charge in [0.25, 0.3) is 0 Å². The summed E-state index contributed by atoms with van der Waals surface area (Å²) in [4.78, 5) is 14.1. The Balaban J connectivity index is 0. The first kappa shape index (κ1) is 54.1. The van der Waals surface area contributed by atoms with E-state index in [0.717, 1.165) is 25.9 Å². The Morgan fingerprint density at radius 3 is 0.769 bits per heavy atom. The van der Waals surface area contributed by atoms with Crippen molar-refractivity contribution in [1.82, 2.24) is 4.90 Å². The van der Waals surface area contributed by atoms with Gasteiger partial charge in [-0.3, -0.25) is 0 Å². The monoisotopic (exact) mass is 726 g/mol. The molecule has 0 saturated heterocycles. The first-order valence-corrected chi connectivity index (χ1v) is 24.1. The molecule has 0 aromatic heterocycles. The molecule has 4 heteroatoms. The number of aliphatic carboxylic acids is 1. The molecule has 0 aromatic rings. The molecule has 0 aliphatic heterocycles. The van der Waals surface area contributed by atoms with E-state index in [1.807, 2.05) is 0 Å². The third-order valence-electron chi connectivity index (χ3n) is 11.6. The van der Waals surface area contributed by atoms with Gasteiger partial charge < -0.3 is 14.8 Å². The summed E-state index contributed by atoms with van der Waals surface area (Å²) in [6.07, 6.45) is 55.7. The average Bonchev–Trinajstić information content (AvgIpc) is 3.12. The zero-order chi connectivity index (χ0) is 37.1. The van der Waals surface area contributed by atoms with Gasteiger partial charge in [0.15, 0.2) is 0 Å². The number of unbranched alkanes of at least 4 members (excludes halogenated alkanes) is 36. The summed E-state index contributed by atoms with van der Waals surface area (Å²) in [7, 11) is 0. The number of nitrogens with zero attached hydrogens (tertiary/aromatic N) is 1. The van der Waals surface area contributed by atoms with E-state index in [1.165, 1.54) is 244 Å². The van der Waals surface area contributed by atoms with Crippen molar-refractivity contribution in [3.05, 3.63) is 0 Å². The summed E-state index contributed by atoms with van der Waals surface area (Å²) in [5.74, 6) is -0.875. The summed E-state index contributed by atoms with van der Waals surface area (Å²) in [5.41, 5.74) is 0. The minimum atomic E-state index is -0.875. The molecule has 306 valence electrons. The van der Waals surface area contributed by atoms with Gasteiger partial charge in [-0.1, -0.05) is 258 Å². The van der Waals surface area contributed by atoms with Crippen molar-refractivity contribution in [1.29, 1.82) is 0 Å². The molecule has 0 rings (SSSR count). The second-order valence-corrected chi connectivity index (χ2v) is 16.8. The fourth-order valence-corrected chi connectivity index (χ4v) is 8.20. The van der Waals surface area contributed by atoms with Crippen molar-refractivity contribution in [2.45, 2.75) is 290 Å². The van der Waals surface area contributed by atoms with Crippen LogP contribution in [0, 0.1) is 0 Å². The summed E-state index contributed by atoms with van der Waals surface area (Å²) in [6.45, 7) is 8.92. The van der Waals surface area contributed by atoms with Crippen LogP contribution in [0.1, 0.15) is 284 Å². The Morgan fingerprint density at radius 2 is 0.577 bits per heavy atom. The van der Waals surface area contributed by atoms with Gasteiger partial charge in [0.05, 0.1) is 0 Å². The fourth-order valence-electron chi connectivity index (χ4n) is 8.20. The zero-order valence-corrected chi connectivity index (χ0v) is 36.7. The number of hydrogen-bond acceptors (Lipinski definition) is 3. The molecule has 0 heterocycles. The molecule has 0 N–H and O–H groups in total. The Kier molecular flexibility index (Phi) is 49.1. The molecule has 3 nitrogen and oxygen atoms in total. The van der Waals surface area contributed by atoms with Gasteiger partial charge in [0, 0.05) is 18.4 Å². The van der Waals surface area contributed by atoms with Gasteiger partial charge in [0.1, 0.15) is 0 Å². The van der Waals surface area contributed by atoms with Crippen molar-refractivity contribution >= 4 is 5.97 Å². The van der Waals surface area contributed by atoms with Crippen LogP contribution in [0.2, 0.25) is 0 Å². The maximum absolute atomic E-state index is 11.6. The van der Waals surface area contributed by atoms with E-state index < -0.39 is 5.97 Å². The summed E-state index contributed by atoms with van der Waals surface area (Å²) in [6, 6.07) is 0.158. The first-order valence-electron chi connectivity index (χ1n) is 24.1. The summed E-state index contributed by atoms with van der Waals surface area (Å²) >= 11 is 0. The van der Waals surface area contributed by atoms with Gasteiger partial charge >= 0.3 is 18.9 Å². The van der Waals surface area contributed by atoms with E-state index in [-0.39, 0.29) is 31.3 Å². The van der Waals surface area contributed by atoms with Gasteiger partial charge in [0.2, 0.25) is 0 Å². The zero-order valence-electron chi connectivity index (χ0n) is 36.7. The molecule has 0 fully saturated rings. The number of carbonyl (C=O) groups is 1. The van der Waals surface area contributed by atoms with Gasteiger partial charge in [-0.25, -0.2) is 0 Å². The van der Waals surface area contributed by atoms with Crippen molar-refractivity contribution < 1.29 is 28.8 Å². The molecule has 1 unspecified atom stereocenters. The van der Waals surface area contributed by atoms with Crippen molar-refractivity contribution in [2.24, 2.45) is 0 Å². The van der Waals surface area contributed by atoms with Crippen LogP contribution in [-0.4, -0.2) is 30.0 Å². The van der Waals surface area contributed by atoms with Crippen LogP contribution in [0.4, 0.5) is 0 Å². The molecule has 0 amide bonds. The topological polar surface area (TPSA) is 43.4 Å². The Labute approximate surface area is 341 Å². The molecular formula is C48H96LiNO2. The number of hydrogen-bond donors (Lipinski definition) is 0. The van der Waals surface area contributed by atoms with E-state index >= 15 is 0 Å². The number of rotatable bonds is 45. The predicted molar refractivity (Wildman–Crippen MR) is 227 cm³/mol. The summed E-state index contributed by atoms with van der Waals surface area (Å²) in [5, 5.41) is 11.6. The minimum absolute atomic E-state index is 0. The number of carbonyl (C=O) groups excluding carboxylic acids is 1. The van der Waals surface area contributed by atoms with E-state index in [0.29, 0.717) is 0 Å². The SMILES string of the molecule is CCCCCCCCCCCCCCCCCCCCCN(CCCCCCCCCCCCCCCCCCCCC)C(CCC)CC(=O)[O-].[Li+]. The molecular weight excluding hydrogens is 629 g/mol. The first-order chi connectivity index (χ1) is 25.2. The molecule has 1 atom stereocenters. The van der Waals surface area contributed by atoms with Crippen LogP contribution >= 0.6 is 0 Å². The molecule has 0 aromatic carbocycles. The molecule has 0 spiro atoms. The van der Waals surface area contributed by atoms with Crippen LogP contribution in [0.15, 0.2) is 0 Å². The van der Waals surface area contributed by atoms with Gasteiger partial charge in [-0.2, -0.15) is 0 Å². The normalized spacial score (nSPS) is 12.1. The predicted octanol–water partition coefficient (Wildman–Crippen LogP) is 12.5. The van der Waals surface area contributed by atoms with Gasteiger partial charge in [-0.15, -0.1) is 0 Å². The second-order valence-electron chi connectivity index (χ2n) is 16.8. The maximum Gasteiger partial charge on any atom is 1.00 e. The van der Waals surface area contributed by atoms with E-state index in [4.69, 9.17) is 0 Å². The smallest absolute Gasteiger partial charge is 0.550 e. The third kappa shape index (κ3) is 42.8. The number of carboxylic acids is 1. The van der Waals surface area contributed by atoms with Crippen molar-refractivity contribution in [3.8, 4) is 0 Å². The van der Waals surface area contributed by atoms with Crippen LogP contribution in [0.25, 0.3) is 0 Å². The van der Waals surface area contributed by atoms with Crippen LogP contribution in [-0.2, 0) is 4.79 Å². The van der Waals surface area contributed by atoms with Crippen LogP contribution in [0.5, 0.6) is 0 Å². The standard InChI is InChI=1S/C48H97NO2.Li/c1-4-7-9-11-13-15-17-19-21-23-25-27-29-31-33-35-37-39-41-44-49(47(43-6-3)46-48(50)51)45-42-40-38-36-34-32-30-28-26-24-22-20-18-16-14-12-10-8-5-2;/h47H,4-46H2,1-3H3,(H,50,51);/q;+1/p-1. The van der Waals surface area contributed by atoms with Crippen molar-refractivity contribution in [2.75, 3.05) is 13.1 Å². The number of carboxylic acid groups (broad SMARTS) is 1. The molecule has 52 heavy (non-hydrogen) atoms. The van der Waals surface area contributed by atoms with Crippen LogP contribution in [0.3, 0.4) is 0 Å². The van der Waals surface area contributed by atoms with E-state index in [9.17, 15) is 9.90 Å². The maximum atomic E-state index is 11.6. The molecule has 0 aliphatic rings. The molecule has 0 bridgehead atoms. The van der Waals surface area contributed by atoms with E-state index in [2.05, 4.69) is 25.7 Å². The fraction of sp³-hybridized carbons (Fsp3) is 0.979. The third-order valence-corrected chi connectivity index (χ3v) is 11.6. The Hall–Kier alpha value is 0.0274. The van der Waals surface area contributed by atoms with Crippen molar-refractivity contribution in [3.63, 3.8) is 0 Å². The molecule has 0 saturated carbocycles. The van der Waals surface area contributed by atoms with Crippen LogP contribution < -0.4 is 24.0 Å². The molecule has 0 aliphatic carbocycles. The van der Waals surface area contributed by atoms with E-state index in [1.54, 1.807) is 0 Å². The second kappa shape index (κ2) is 47.2. The quantitative estimate of drug-likeness (QED) is 0.0464. The van der Waals surface area contributed by atoms with Gasteiger partial charge in [-0.05, 0) is 32.4 Å². The minimum Gasteiger partial charge on any atom is -0.550 e. The summed E-state index contributed by atoms with van der Waals surface area (Å²) < 4.78 is 0. The molecule has 0 radical (unpaired) electrons.